The van der Waals surface area contributed by atoms with Crippen LogP contribution in [0.3, 0.4) is 0 Å². The first kappa shape index (κ1) is 15.4. The van der Waals surface area contributed by atoms with Gasteiger partial charge in [0, 0.05) is 12.5 Å². The molecule has 0 aromatic carbocycles. The van der Waals surface area contributed by atoms with Crippen LogP contribution in [0, 0.1) is 0 Å². The number of esters is 1. The monoisotopic (exact) mass is 229 g/mol. The van der Waals surface area contributed by atoms with Gasteiger partial charge in [-0.05, 0) is 46.7 Å². The average Bonchev–Trinajstić information content (AvgIpc) is 2.23. The van der Waals surface area contributed by atoms with Gasteiger partial charge in [-0.15, -0.1) is 0 Å². The summed E-state index contributed by atoms with van der Waals surface area (Å²) in [5.41, 5.74) is 0. The van der Waals surface area contributed by atoms with Crippen LogP contribution >= 0.6 is 0 Å². The van der Waals surface area contributed by atoms with E-state index in [2.05, 4.69) is 25.7 Å². The molecule has 0 fully saturated rings. The summed E-state index contributed by atoms with van der Waals surface area (Å²) in [6.07, 6.45) is 3.81. The van der Waals surface area contributed by atoms with Crippen LogP contribution in [0.25, 0.3) is 0 Å². The molecule has 0 spiro atoms. The highest BCUT2D eigenvalue weighted by atomic mass is 16.5. The van der Waals surface area contributed by atoms with Gasteiger partial charge in [0.2, 0.25) is 0 Å². The third-order valence-electron chi connectivity index (χ3n) is 2.77. The van der Waals surface area contributed by atoms with Crippen LogP contribution in [0.15, 0.2) is 0 Å². The molecule has 3 heteroatoms. The predicted molar refractivity (Wildman–Crippen MR) is 67.5 cm³/mol. The Morgan fingerprint density at radius 2 is 1.88 bits per heavy atom. The van der Waals surface area contributed by atoms with Crippen LogP contribution in [-0.2, 0) is 9.53 Å². The molecule has 0 unspecified atom stereocenters. The summed E-state index contributed by atoms with van der Waals surface area (Å²) in [5.74, 6) is -0.0568. The summed E-state index contributed by atoms with van der Waals surface area (Å²) in [7, 11) is 0. The molecule has 0 N–H and O–H groups in total. The van der Waals surface area contributed by atoms with Crippen molar-refractivity contribution in [3.63, 3.8) is 0 Å². The fourth-order valence-electron chi connectivity index (χ4n) is 1.78. The third-order valence-corrected chi connectivity index (χ3v) is 2.77. The Kier molecular flexibility index (Phi) is 9.30. The maximum atomic E-state index is 11.1. The highest BCUT2D eigenvalue weighted by Crippen LogP contribution is 2.05. The Bertz CT molecular complexity index is 181. The van der Waals surface area contributed by atoms with E-state index in [0.29, 0.717) is 19.1 Å². The number of nitrogens with zero attached hydrogens (tertiary/aromatic N) is 1. The number of ether oxygens (including phenoxy) is 1. The maximum absolute atomic E-state index is 11.1. The van der Waals surface area contributed by atoms with Gasteiger partial charge in [0.1, 0.15) is 0 Å². The smallest absolute Gasteiger partial charge is 0.305 e. The van der Waals surface area contributed by atoms with E-state index in [4.69, 9.17) is 4.74 Å². The highest BCUT2D eigenvalue weighted by Gasteiger charge is 2.06. The Morgan fingerprint density at radius 1 is 1.19 bits per heavy atom. The zero-order chi connectivity index (χ0) is 12.4. The molecule has 0 rings (SSSR count). The quantitative estimate of drug-likeness (QED) is 0.450. The minimum Gasteiger partial charge on any atom is -0.466 e. The maximum Gasteiger partial charge on any atom is 0.305 e. The highest BCUT2D eigenvalue weighted by molar-refractivity contribution is 5.69. The van der Waals surface area contributed by atoms with Crippen molar-refractivity contribution in [2.75, 3.05) is 19.7 Å². The standard InChI is InChI=1S/C13H27NO2/c1-5-14(12(3)4)11-9-7-8-10-13(15)16-6-2/h12H,5-11H2,1-4H3. The van der Waals surface area contributed by atoms with E-state index >= 15 is 0 Å². The number of carbonyl (C=O) groups is 1. The number of hydrogen-bond acceptors (Lipinski definition) is 3. The van der Waals surface area contributed by atoms with Gasteiger partial charge in [-0.2, -0.15) is 0 Å². The van der Waals surface area contributed by atoms with Gasteiger partial charge in [0.15, 0.2) is 0 Å². The van der Waals surface area contributed by atoms with Crippen LogP contribution in [-0.4, -0.2) is 36.6 Å². The van der Waals surface area contributed by atoms with Crippen molar-refractivity contribution in [1.82, 2.24) is 4.90 Å². The first-order chi connectivity index (χ1) is 7.61. The Hall–Kier alpha value is -0.570. The van der Waals surface area contributed by atoms with Crippen molar-refractivity contribution in [3.05, 3.63) is 0 Å². The van der Waals surface area contributed by atoms with Crippen LogP contribution in [0.1, 0.15) is 53.4 Å². The topological polar surface area (TPSA) is 29.5 Å². The molecular weight excluding hydrogens is 202 g/mol. The van der Waals surface area contributed by atoms with E-state index in [1.165, 1.54) is 6.42 Å². The second-order valence-corrected chi connectivity index (χ2v) is 4.34. The Balaban J connectivity index is 3.42. The minimum atomic E-state index is -0.0568. The van der Waals surface area contributed by atoms with Crippen LogP contribution in [0.2, 0.25) is 0 Å². The average molecular weight is 229 g/mol. The van der Waals surface area contributed by atoms with Gasteiger partial charge in [0.25, 0.3) is 0 Å². The van der Waals surface area contributed by atoms with Crippen molar-refractivity contribution in [1.29, 1.82) is 0 Å². The SMILES string of the molecule is CCOC(=O)CCCCCN(CC)C(C)C. The molecule has 0 aromatic heterocycles. The van der Waals surface area contributed by atoms with E-state index in [9.17, 15) is 4.79 Å². The number of rotatable bonds is 9. The van der Waals surface area contributed by atoms with Gasteiger partial charge < -0.3 is 9.64 Å². The molecule has 0 saturated heterocycles. The minimum absolute atomic E-state index is 0.0568. The fraction of sp³-hybridized carbons (Fsp3) is 0.923. The summed E-state index contributed by atoms with van der Waals surface area (Å²) in [4.78, 5) is 13.5. The second kappa shape index (κ2) is 9.64. The zero-order valence-electron chi connectivity index (χ0n) is 11.3. The number of hydrogen-bond donors (Lipinski definition) is 0. The number of carbonyl (C=O) groups excluding carboxylic acids is 1. The van der Waals surface area contributed by atoms with E-state index in [1.54, 1.807) is 0 Å². The van der Waals surface area contributed by atoms with Crippen molar-refractivity contribution >= 4 is 5.97 Å². The molecule has 0 amide bonds. The Labute approximate surface area is 100 Å². The van der Waals surface area contributed by atoms with Gasteiger partial charge in [0.05, 0.1) is 6.61 Å². The molecule has 3 nitrogen and oxygen atoms in total. The molecule has 0 radical (unpaired) electrons. The van der Waals surface area contributed by atoms with E-state index in [0.717, 1.165) is 25.9 Å². The molecule has 0 bridgehead atoms. The zero-order valence-corrected chi connectivity index (χ0v) is 11.3. The normalized spacial score (nSPS) is 11.1. The summed E-state index contributed by atoms with van der Waals surface area (Å²) in [5, 5.41) is 0. The molecule has 0 aliphatic rings. The van der Waals surface area contributed by atoms with Crippen LogP contribution in [0.5, 0.6) is 0 Å². The van der Waals surface area contributed by atoms with Crippen molar-refractivity contribution in [2.24, 2.45) is 0 Å². The largest absolute Gasteiger partial charge is 0.466 e. The lowest BCUT2D eigenvalue weighted by Crippen LogP contribution is -2.31. The van der Waals surface area contributed by atoms with Crippen LogP contribution in [0.4, 0.5) is 0 Å². The second-order valence-electron chi connectivity index (χ2n) is 4.34. The molecule has 0 aliphatic carbocycles. The Morgan fingerprint density at radius 3 is 2.38 bits per heavy atom. The van der Waals surface area contributed by atoms with Crippen molar-refractivity contribution in [2.45, 2.75) is 59.4 Å². The first-order valence-corrected chi connectivity index (χ1v) is 6.51. The molecule has 0 aliphatic heterocycles. The molecular formula is C13H27NO2. The summed E-state index contributed by atoms with van der Waals surface area (Å²) in [6.45, 7) is 11.2. The number of unbranched alkanes of at least 4 members (excludes halogenated alkanes) is 2. The van der Waals surface area contributed by atoms with Crippen molar-refractivity contribution < 1.29 is 9.53 Å². The van der Waals surface area contributed by atoms with E-state index < -0.39 is 0 Å². The third kappa shape index (κ3) is 7.69. The summed E-state index contributed by atoms with van der Waals surface area (Å²) < 4.78 is 4.88. The molecule has 0 atom stereocenters. The van der Waals surface area contributed by atoms with E-state index in [1.807, 2.05) is 6.92 Å². The lowest BCUT2D eigenvalue weighted by Gasteiger charge is -2.24. The van der Waals surface area contributed by atoms with Gasteiger partial charge in [-0.25, -0.2) is 0 Å². The molecule has 0 aromatic rings. The molecule has 0 saturated carbocycles. The lowest BCUT2D eigenvalue weighted by molar-refractivity contribution is -0.143. The molecule has 96 valence electrons. The van der Waals surface area contributed by atoms with Gasteiger partial charge in [-0.3, -0.25) is 4.79 Å². The first-order valence-electron chi connectivity index (χ1n) is 6.51. The fourth-order valence-corrected chi connectivity index (χ4v) is 1.78. The summed E-state index contributed by atoms with van der Waals surface area (Å²) in [6, 6.07) is 0.620. The lowest BCUT2D eigenvalue weighted by atomic mass is 10.2. The van der Waals surface area contributed by atoms with Gasteiger partial charge >= 0.3 is 5.97 Å². The molecule has 0 heterocycles. The van der Waals surface area contributed by atoms with E-state index in [-0.39, 0.29) is 5.97 Å². The van der Waals surface area contributed by atoms with Crippen LogP contribution < -0.4 is 0 Å². The molecule has 16 heavy (non-hydrogen) atoms. The predicted octanol–water partition coefficient (Wildman–Crippen LogP) is 2.84. The van der Waals surface area contributed by atoms with Crippen molar-refractivity contribution in [3.8, 4) is 0 Å². The summed E-state index contributed by atoms with van der Waals surface area (Å²) >= 11 is 0. The van der Waals surface area contributed by atoms with Gasteiger partial charge in [-0.1, -0.05) is 13.3 Å².